The van der Waals surface area contributed by atoms with Crippen molar-refractivity contribution in [2.45, 2.75) is 39.5 Å². The maximum atomic E-state index is 12.1. The molecule has 3 aliphatic carbocycles. The fourth-order valence-corrected chi connectivity index (χ4v) is 5.19. The van der Waals surface area contributed by atoms with Crippen LogP contribution in [0.2, 0.25) is 0 Å². The third kappa shape index (κ3) is 3.40. The quantitative estimate of drug-likeness (QED) is 0.786. The van der Waals surface area contributed by atoms with Gasteiger partial charge in [-0.15, -0.1) is 0 Å². The fourth-order valence-electron chi connectivity index (χ4n) is 5.19. The highest BCUT2D eigenvalue weighted by Gasteiger charge is 2.54. The first-order valence-electron chi connectivity index (χ1n) is 10.0. The van der Waals surface area contributed by atoms with Gasteiger partial charge in [-0.25, -0.2) is 4.79 Å². The van der Waals surface area contributed by atoms with Crippen LogP contribution in [-0.2, 0) is 11.2 Å². The molecule has 5 rings (SSSR count). The largest absolute Gasteiger partial charge is 0.497 e. The minimum absolute atomic E-state index is 0.299. The van der Waals surface area contributed by atoms with Crippen molar-refractivity contribution in [3.05, 3.63) is 30.0 Å². The molecule has 1 amide bonds. The van der Waals surface area contributed by atoms with Gasteiger partial charge in [-0.3, -0.25) is 0 Å². The van der Waals surface area contributed by atoms with E-state index in [0.717, 1.165) is 29.0 Å². The number of carbonyl (C=O) groups is 1. The molecule has 3 fully saturated rings. The Labute approximate surface area is 160 Å². The number of hydrogen-bond donors (Lipinski definition) is 2. The molecule has 0 saturated heterocycles. The van der Waals surface area contributed by atoms with Crippen LogP contribution in [0.5, 0.6) is 5.75 Å². The summed E-state index contributed by atoms with van der Waals surface area (Å²) in [6, 6.07) is 5.97. The summed E-state index contributed by atoms with van der Waals surface area (Å²) in [5.74, 6) is 2.95. The molecule has 2 aromatic rings. The lowest BCUT2D eigenvalue weighted by atomic mass is 9.46. The second-order valence-corrected chi connectivity index (χ2v) is 8.70. The molecule has 3 aliphatic rings. The molecule has 2 N–H and O–H groups in total. The van der Waals surface area contributed by atoms with Crippen molar-refractivity contribution >= 4 is 17.0 Å². The van der Waals surface area contributed by atoms with Gasteiger partial charge in [0.1, 0.15) is 5.75 Å². The lowest BCUT2D eigenvalue weighted by molar-refractivity contribution is -0.117. The van der Waals surface area contributed by atoms with Crippen LogP contribution < -0.4 is 10.1 Å². The number of hydrogen-bond acceptors (Lipinski definition) is 3. The van der Waals surface area contributed by atoms with Gasteiger partial charge >= 0.3 is 6.09 Å². The minimum atomic E-state index is -0.299. The Morgan fingerprint density at radius 1 is 1.33 bits per heavy atom. The van der Waals surface area contributed by atoms with Crippen LogP contribution in [0.3, 0.4) is 0 Å². The molecule has 5 nitrogen and oxygen atoms in total. The number of ether oxygens (including phenoxy) is 2. The molecule has 3 unspecified atom stereocenters. The number of methoxy groups -OCH3 is 1. The number of alkyl carbamates (subject to hydrolysis) is 1. The molecule has 0 aliphatic heterocycles. The number of nitrogens with one attached hydrogen (secondary N) is 2. The normalized spacial score (nSPS) is 25.7. The van der Waals surface area contributed by atoms with Crippen LogP contribution in [-0.4, -0.2) is 31.3 Å². The minimum Gasteiger partial charge on any atom is -0.497 e. The van der Waals surface area contributed by atoms with E-state index in [4.69, 9.17) is 9.47 Å². The Balaban J connectivity index is 1.24. The Hall–Kier alpha value is -2.17. The van der Waals surface area contributed by atoms with E-state index in [9.17, 15) is 4.79 Å². The number of aromatic nitrogens is 1. The van der Waals surface area contributed by atoms with Gasteiger partial charge in [-0.05, 0) is 72.6 Å². The lowest BCUT2D eigenvalue weighted by Crippen LogP contribution is -2.53. The summed E-state index contributed by atoms with van der Waals surface area (Å²) in [7, 11) is 1.67. The average molecular weight is 370 g/mol. The smallest absolute Gasteiger partial charge is 0.407 e. The Morgan fingerprint density at radius 2 is 2.19 bits per heavy atom. The predicted molar refractivity (Wildman–Crippen MR) is 106 cm³/mol. The summed E-state index contributed by atoms with van der Waals surface area (Å²) in [5.41, 5.74) is 2.67. The fraction of sp³-hybridized carbons (Fsp3) is 0.591. The van der Waals surface area contributed by atoms with Crippen LogP contribution in [0.25, 0.3) is 10.9 Å². The van der Waals surface area contributed by atoms with E-state index in [0.29, 0.717) is 30.4 Å². The topological polar surface area (TPSA) is 63.3 Å². The van der Waals surface area contributed by atoms with Gasteiger partial charge in [-0.2, -0.15) is 0 Å². The highest BCUT2D eigenvalue weighted by molar-refractivity contribution is 5.84. The number of aromatic amines is 1. The second-order valence-electron chi connectivity index (χ2n) is 8.70. The van der Waals surface area contributed by atoms with E-state index < -0.39 is 0 Å². The first kappa shape index (κ1) is 18.2. The SMILES string of the molecule is COc1ccc2[nH]cc(CCNC(=O)OCC3CCC4CC3C4(C)C)c2c1. The standard InChI is InChI=1S/C22H30N2O3/c1-22(2)16-5-4-15(19(22)10-16)13-27-21(25)23-9-8-14-12-24-20-7-6-17(26-3)11-18(14)20/h6-7,11-12,15-16,19,24H,4-5,8-10,13H2,1-3H3,(H,23,25). The number of amides is 1. The van der Waals surface area contributed by atoms with Crippen molar-refractivity contribution in [1.82, 2.24) is 10.3 Å². The molecule has 1 aromatic carbocycles. The van der Waals surface area contributed by atoms with Crippen molar-refractivity contribution in [2.75, 3.05) is 20.3 Å². The molecule has 3 saturated carbocycles. The molecule has 0 radical (unpaired) electrons. The molecule has 0 spiro atoms. The van der Waals surface area contributed by atoms with Crippen LogP contribution >= 0.6 is 0 Å². The van der Waals surface area contributed by atoms with Crippen LogP contribution in [0, 0.1) is 23.2 Å². The van der Waals surface area contributed by atoms with Gasteiger partial charge in [0, 0.05) is 23.6 Å². The molecule has 27 heavy (non-hydrogen) atoms. The van der Waals surface area contributed by atoms with Crippen molar-refractivity contribution in [3.8, 4) is 5.75 Å². The number of H-pyrrole nitrogens is 1. The summed E-state index contributed by atoms with van der Waals surface area (Å²) < 4.78 is 10.8. The second kappa shape index (κ2) is 7.10. The van der Waals surface area contributed by atoms with Crippen molar-refractivity contribution < 1.29 is 14.3 Å². The first-order chi connectivity index (χ1) is 13.0. The monoisotopic (exact) mass is 370 g/mol. The maximum Gasteiger partial charge on any atom is 0.407 e. The zero-order valence-electron chi connectivity index (χ0n) is 16.5. The summed E-state index contributed by atoms with van der Waals surface area (Å²) in [5, 5.41) is 4.03. The Morgan fingerprint density at radius 3 is 2.93 bits per heavy atom. The number of benzene rings is 1. The Kier molecular flexibility index (Phi) is 4.79. The highest BCUT2D eigenvalue weighted by atomic mass is 16.5. The molecule has 1 aromatic heterocycles. The predicted octanol–water partition coefficient (Wildman–Crippen LogP) is 4.52. The average Bonchev–Trinajstić information content (AvgIpc) is 3.08. The van der Waals surface area contributed by atoms with E-state index in [-0.39, 0.29) is 6.09 Å². The zero-order valence-corrected chi connectivity index (χ0v) is 16.5. The summed E-state index contributed by atoms with van der Waals surface area (Å²) >= 11 is 0. The molecular formula is C22H30N2O3. The maximum absolute atomic E-state index is 12.1. The lowest BCUT2D eigenvalue weighted by Gasteiger charge is -2.60. The number of fused-ring (bicyclic) bond motifs is 3. The van der Waals surface area contributed by atoms with Gasteiger partial charge in [0.25, 0.3) is 0 Å². The van der Waals surface area contributed by atoms with E-state index in [2.05, 4.69) is 24.1 Å². The molecule has 146 valence electrons. The summed E-state index contributed by atoms with van der Waals surface area (Å²) in [4.78, 5) is 15.4. The van der Waals surface area contributed by atoms with E-state index >= 15 is 0 Å². The third-order valence-electron chi connectivity index (χ3n) is 7.07. The van der Waals surface area contributed by atoms with Crippen molar-refractivity contribution in [1.29, 1.82) is 0 Å². The number of rotatable bonds is 6. The highest BCUT2D eigenvalue weighted by Crippen LogP contribution is 2.61. The summed E-state index contributed by atoms with van der Waals surface area (Å²) in [6.07, 6.45) is 6.24. The molecule has 1 heterocycles. The molecule has 3 atom stereocenters. The third-order valence-corrected chi connectivity index (χ3v) is 7.07. The van der Waals surface area contributed by atoms with Crippen LogP contribution in [0.1, 0.15) is 38.7 Å². The number of carbonyl (C=O) groups excluding carboxylic acids is 1. The first-order valence-corrected chi connectivity index (χ1v) is 10.0. The van der Waals surface area contributed by atoms with E-state index in [1.165, 1.54) is 24.8 Å². The van der Waals surface area contributed by atoms with Gasteiger partial charge in [0.05, 0.1) is 13.7 Å². The van der Waals surface area contributed by atoms with Gasteiger partial charge < -0.3 is 19.8 Å². The van der Waals surface area contributed by atoms with Crippen LogP contribution in [0.4, 0.5) is 4.79 Å². The van der Waals surface area contributed by atoms with Crippen LogP contribution in [0.15, 0.2) is 24.4 Å². The van der Waals surface area contributed by atoms with Crippen molar-refractivity contribution in [2.24, 2.45) is 23.2 Å². The molecular weight excluding hydrogens is 340 g/mol. The Bertz CT molecular complexity index is 824. The van der Waals surface area contributed by atoms with E-state index in [1.807, 2.05) is 24.4 Å². The van der Waals surface area contributed by atoms with Crippen molar-refractivity contribution in [3.63, 3.8) is 0 Å². The van der Waals surface area contributed by atoms with E-state index in [1.54, 1.807) is 7.11 Å². The van der Waals surface area contributed by atoms with Gasteiger partial charge in [-0.1, -0.05) is 13.8 Å². The molecule has 5 heteroatoms. The zero-order chi connectivity index (χ0) is 19.0. The summed E-state index contributed by atoms with van der Waals surface area (Å²) in [6.45, 7) is 5.85. The molecule has 2 bridgehead atoms. The van der Waals surface area contributed by atoms with Gasteiger partial charge in [0.15, 0.2) is 0 Å². The van der Waals surface area contributed by atoms with Gasteiger partial charge in [0.2, 0.25) is 0 Å².